The Morgan fingerprint density at radius 1 is 0.944 bits per heavy atom. The van der Waals surface area contributed by atoms with Gasteiger partial charge in [0.15, 0.2) is 13.2 Å². The summed E-state index contributed by atoms with van der Waals surface area (Å²) in [5, 5.41) is 14.3. The Hall–Kier alpha value is -4.57. The second-order valence-corrected chi connectivity index (χ2v) is 8.37. The molecule has 36 heavy (non-hydrogen) atoms. The van der Waals surface area contributed by atoms with Crippen molar-refractivity contribution in [2.24, 2.45) is 4.99 Å². The van der Waals surface area contributed by atoms with Gasteiger partial charge in [0.05, 0.1) is 30.1 Å². The van der Waals surface area contributed by atoms with E-state index in [2.05, 4.69) is 35.5 Å². The van der Waals surface area contributed by atoms with E-state index in [1.54, 1.807) is 6.20 Å². The van der Waals surface area contributed by atoms with Crippen LogP contribution in [0.15, 0.2) is 82.3 Å². The summed E-state index contributed by atoms with van der Waals surface area (Å²) >= 11 is 0. The van der Waals surface area contributed by atoms with Crippen molar-refractivity contribution >= 4 is 29.1 Å². The third-order valence-electron chi connectivity index (χ3n) is 6.05. The molecule has 180 valence electrons. The molecule has 2 aromatic heterocycles. The van der Waals surface area contributed by atoms with E-state index >= 15 is 0 Å². The normalized spacial score (nSPS) is 17.6. The number of ether oxygens (including phenoxy) is 1. The van der Waals surface area contributed by atoms with Crippen LogP contribution >= 0.6 is 0 Å². The average molecular weight is 483 g/mol. The number of benzene rings is 2. The SMILES string of the molecule is O=C1Nc2ccccc2C(c2ccccc2)=NC1Nc1nnc(-c2cccnc2N2CC[OH+]CC2)o1. The number of benzodiazepines with no additional fused rings is 1. The fourth-order valence-corrected chi connectivity index (χ4v) is 4.32. The van der Waals surface area contributed by atoms with E-state index in [1.165, 1.54) is 0 Å². The highest BCUT2D eigenvalue weighted by molar-refractivity contribution is 6.19. The van der Waals surface area contributed by atoms with Gasteiger partial charge in [-0.05, 0) is 18.2 Å². The van der Waals surface area contributed by atoms with E-state index in [0.29, 0.717) is 17.3 Å². The minimum Gasteiger partial charge on any atom is -0.431 e. The third-order valence-corrected chi connectivity index (χ3v) is 6.05. The van der Waals surface area contributed by atoms with Crippen LogP contribution in [0.1, 0.15) is 11.1 Å². The number of anilines is 3. The van der Waals surface area contributed by atoms with Gasteiger partial charge in [0.25, 0.3) is 11.8 Å². The number of morpholine rings is 1. The molecule has 10 nitrogen and oxygen atoms in total. The quantitative estimate of drug-likeness (QED) is 0.420. The predicted molar refractivity (Wildman–Crippen MR) is 136 cm³/mol. The molecule has 10 heteroatoms. The monoisotopic (exact) mass is 482 g/mol. The summed E-state index contributed by atoms with van der Waals surface area (Å²) in [7, 11) is 0. The molecule has 1 fully saturated rings. The maximum absolute atomic E-state index is 13.1. The molecular weight excluding hydrogens is 458 g/mol. The van der Waals surface area contributed by atoms with Crippen LogP contribution in [0.4, 0.5) is 17.5 Å². The van der Waals surface area contributed by atoms with Crippen molar-refractivity contribution in [3.8, 4) is 11.5 Å². The van der Waals surface area contributed by atoms with Gasteiger partial charge >= 0.3 is 6.01 Å². The Kier molecular flexibility index (Phi) is 5.84. The summed E-state index contributed by atoms with van der Waals surface area (Å²) in [6, 6.07) is 21.2. The zero-order valence-corrected chi connectivity index (χ0v) is 19.3. The van der Waals surface area contributed by atoms with Crippen LogP contribution in [-0.4, -0.2) is 64.0 Å². The topological polar surface area (TPSA) is 121 Å². The van der Waals surface area contributed by atoms with E-state index in [0.717, 1.165) is 48.8 Å². The lowest BCUT2D eigenvalue weighted by Crippen LogP contribution is -2.38. The van der Waals surface area contributed by atoms with Crippen molar-refractivity contribution in [2.75, 3.05) is 41.8 Å². The maximum Gasteiger partial charge on any atom is 0.317 e. The van der Waals surface area contributed by atoms with Gasteiger partial charge in [-0.25, -0.2) is 9.98 Å². The Morgan fingerprint density at radius 3 is 2.58 bits per heavy atom. The number of aromatic nitrogens is 3. The standard InChI is InChI=1S/C26H23N7O3/c34-24-22(29-21(17-7-2-1-3-8-17)18-9-4-5-11-20(18)28-24)30-26-32-31-25(36-26)19-10-6-12-27-23(19)33-13-15-35-16-14-33/h1-12,22H,13-16H2,(H,28,34)(H,30,32)/p+1. The molecule has 2 aliphatic heterocycles. The first-order valence-electron chi connectivity index (χ1n) is 11.7. The smallest absolute Gasteiger partial charge is 0.317 e. The number of fused-ring (bicyclic) bond motifs is 1. The molecule has 6 rings (SSSR count). The number of rotatable bonds is 5. The highest BCUT2D eigenvalue weighted by Crippen LogP contribution is 2.30. The molecule has 0 bridgehead atoms. The lowest BCUT2D eigenvalue weighted by Gasteiger charge is -2.26. The molecule has 4 aromatic rings. The first kappa shape index (κ1) is 21.9. The number of nitrogens with zero attached hydrogens (tertiary/aromatic N) is 5. The Labute approximate surface area is 207 Å². The second-order valence-electron chi connectivity index (χ2n) is 8.37. The molecule has 1 atom stereocenters. The summed E-state index contributed by atoms with van der Waals surface area (Å²) in [6.45, 7) is 3.08. The lowest BCUT2D eigenvalue weighted by atomic mass is 10.0. The first-order valence-corrected chi connectivity index (χ1v) is 11.7. The van der Waals surface area contributed by atoms with E-state index in [-0.39, 0.29) is 11.9 Å². The van der Waals surface area contributed by atoms with Crippen molar-refractivity contribution < 1.29 is 13.9 Å². The number of amides is 1. The van der Waals surface area contributed by atoms with Crippen LogP contribution in [0.25, 0.3) is 11.5 Å². The number of hydrogen-bond donors (Lipinski definition) is 2. The van der Waals surface area contributed by atoms with E-state index in [1.807, 2.05) is 66.7 Å². The van der Waals surface area contributed by atoms with Crippen molar-refractivity contribution in [3.63, 3.8) is 0 Å². The molecule has 0 saturated carbocycles. The number of carbonyl (C=O) groups excluding carboxylic acids is 1. The van der Waals surface area contributed by atoms with Gasteiger partial charge in [0.2, 0.25) is 6.17 Å². The molecule has 1 unspecified atom stereocenters. The largest absolute Gasteiger partial charge is 0.431 e. The van der Waals surface area contributed by atoms with Gasteiger partial charge in [-0.1, -0.05) is 53.6 Å². The van der Waals surface area contributed by atoms with Gasteiger partial charge in [0, 0.05) is 17.3 Å². The molecule has 0 aliphatic carbocycles. The van der Waals surface area contributed by atoms with Crippen molar-refractivity contribution in [1.29, 1.82) is 0 Å². The number of aliphatic imine (C=N–C) groups is 1. The minimum absolute atomic E-state index is 0.0933. The fraction of sp³-hybridized carbons (Fsp3) is 0.192. The third kappa shape index (κ3) is 4.29. The Balaban J connectivity index is 1.32. The molecule has 2 aromatic carbocycles. The summed E-state index contributed by atoms with van der Waals surface area (Å²) < 4.78 is 10.3. The summed E-state index contributed by atoms with van der Waals surface area (Å²) in [6.07, 6.45) is 0.769. The van der Waals surface area contributed by atoms with Crippen molar-refractivity contribution in [2.45, 2.75) is 6.17 Å². The van der Waals surface area contributed by atoms with Crippen molar-refractivity contribution in [3.05, 3.63) is 84.1 Å². The summed E-state index contributed by atoms with van der Waals surface area (Å²) in [5.41, 5.74) is 3.83. The van der Waals surface area contributed by atoms with Crippen LogP contribution in [-0.2, 0) is 4.79 Å². The number of carbonyl (C=O) groups is 1. The summed E-state index contributed by atoms with van der Waals surface area (Å²) in [5.74, 6) is 0.759. The Bertz CT molecular complexity index is 1410. The second kappa shape index (κ2) is 9.59. The van der Waals surface area contributed by atoms with Crippen LogP contribution in [0.3, 0.4) is 0 Å². The Morgan fingerprint density at radius 2 is 1.72 bits per heavy atom. The molecule has 0 radical (unpaired) electrons. The van der Waals surface area contributed by atoms with E-state index < -0.39 is 6.17 Å². The van der Waals surface area contributed by atoms with E-state index in [4.69, 9.17) is 9.41 Å². The molecule has 3 N–H and O–H groups in total. The van der Waals surface area contributed by atoms with E-state index in [9.17, 15) is 4.79 Å². The number of aliphatic hydroxyl groups is 2. The van der Waals surface area contributed by atoms with Gasteiger partial charge in [-0.3, -0.25) is 4.79 Å². The fourth-order valence-electron chi connectivity index (χ4n) is 4.32. The molecule has 1 amide bonds. The zero-order chi connectivity index (χ0) is 24.3. The van der Waals surface area contributed by atoms with Gasteiger partial charge in [-0.15, -0.1) is 5.10 Å². The highest BCUT2D eigenvalue weighted by Gasteiger charge is 2.28. The number of nitrogens with one attached hydrogen (secondary N) is 2. The summed E-state index contributed by atoms with van der Waals surface area (Å²) in [4.78, 5) is 24.6. The maximum atomic E-state index is 13.1. The zero-order valence-electron chi connectivity index (χ0n) is 19.3. The van der Waals surface area contributed by atoms with Crippen LogP contribution < -0.4 is 15.5 Å². The van der Waals surface area contributed by atoms with Gasteiger partial charge in [0.1, 0.15) is 5.82 Å². The first-order chi connectivity index (χ1) is 17.8. The highest BCUT2D eigenvalue weighted by atomic mass is 16.5. The van der Waals surface area contributed by atoms with Gasteiger partial charge in [-0.2, -0.15) is 0 Å². The van der Waals surface area contributed by atoms with Crippen LogP contribution in [0.5, 0.6) is 0 Å². The minimum atomic E-state index is -0.974. The molecule has 1 saturated heterocycles. The van der Waals surface area contributed by atoms with Crippen molar-refractivity contribution in [1.82, 2.24) is 15.2 Å². The molecule has 2 aliphatic rings. The average Bonchev–Trinajstić information content (AvgIpc) is 3.35. The molecular formula is C26H24N7O3+. The molecule has 0 spiro atoms. The lowest BCUT2D eigenvalue weighted by molar-refractivity contribution is -0.116. The number of pyridine rings is 1. The predicted octanol–water partition coefficient (Wildman–Crippen LogP) is 2.71. The number of hydrogen-bond acceptors (Lipinski definition) is 8. The van der Waals surface area contributed by atoms with Crippen LogP contribution in [0, 0.1) is 0 Å². The number of para-hydroxylation sites is 1. The molecule has 4 heterocycles. The van der Waals surface area contributed by atoms with Gasteiger partial charge < -0.3 is 24.7 Å². The van der Waals surface area contributed by atoms with Crippen LogP contribution in [0.2, 0.25) is 0 Å².